The lowest BCUT2D eigenvalue weighted by atomic mass is 10.1. The Kier molecular flexibility index (Phi) is 5.47. The van der Waals surface area contributed by atoms with Crippen LogP contribution < -0.4 is 5.32 Å². The monoisotopic (exact) mass is 214 g/mol. The number of carbonyl (C=O) groups is 1. The van der Waals surface area contributed by atoms with E-state index in [4.69, 9.17) is 4.74 Å². The fourth-order valence-corrected chi connectivity index (χ4v) is 2.03. The quantitative estimate of drug-likeness (QED) is 0.773. The van der Waals surface area contributed by atoms with Crippen molar-refractivity contribution >= 4 is 6.09 Å². The van der Waals surface area contributed by atoms with Crippen molar-refractivity contribution in [3.63, 3.8) is 0 Å². The highest BCUT2D eigenvalue weighted by Crippen LogP contribution is 2.10. The van der Waals surface area contributed by atoms with Crippen LogP contribution in [-0.4, -0.2) is 43.3 Å². The predicted molar refractivity (Wildman–Crippen MR) is 59.9 cm³/mol. The standard InChI is InChI=1S/C11H22N2O2/c1-3-7-13-8-5-6-10(9-13)12-11(14)15-4-2/h10H,3-9H2,1-2H3,(H,12,14). The summed E-state index contributed by atoms with van der Waals surface area (Å²) in [6.07, 6.45) is 3.13. The predicted octanol–water partition coefficient (Wildman–Crippen LogP) is 1.61. The first-order valence-corrected chi connectivity index (χ1v) is 5.91. The Hall–Kier alpha value is -0.770. The Morgan fingerprint density at radius 1 is 1.53 bits per heavy atom. The van der Waals surface area contributed by atoms with E-state index < -0.39 is 0 Å². The molecule has 1 fully saturated rings. The molecule has 1 aliphatic heterocycles. The number of amides is 1. The molecule has 1 N–H and O–H groups in total. The number of piperidine rings is 1. The van der Waals surface area contributed by atoms with Crippen molar-refractivity contribution in [1.82, 2.24) is 10.2 Å². The molecule has 0 aromatic rings. The molecule has 15 heavy (non-hydrogen) atoms. The number of carbonyl (C=O) groups excluding carboxylic acids is 1. The summed E-state index contributed by atoms with van der Waals surface area (Å²) in [6.45, 7) is 7.70. The molecule has 1 heterocycles. The molecule has 1 saturated heterocycles. The topological polar surface area (TPSA) is 41.6 Å². The van der Waals surface area contributed by atoms with Gasteiger partial charge in [-0.3, -0.25) is 0 Å². The van der Waals surface area contributed by atoms with Gasteiger partial charge in [0.2, 0.25) is 0 Å². The lowest BCUT2D eigenvalue weighted by Gasteiger charge is -2.32. The van der Waals surface area contributed by atoms with Crippen LogP contribution in [0.1, 0.15) is 33.1 Å². The number of likely N-dealkylation sites (tertiary alicyclic amines) is 1. The second kappa shape index (κ2) is 6.67. The van der Waals surface area contributed by atoms with Crippen LogP contribution in [0.4, 0.5) is 4.79 Å². The van der Waals surface area contributed by atoms with Crippen LogP contribution in [0.2, 0.25) is 0 Å². The van der Waals surface area contributed by atoms with Crippen LogP contribution in [0.15, 0.2) is 0 Å². The average Bonchev–Trinajstić information content (AvgIpc) is 2.19. The molecule has 1 rings (SSSR count). The number of hydrogen-bond acceptors (Lipinski definition) is 3. The molecule has 0 saturated carbocycles. The largest absolute Gasteiger partial charge is 0.450 e. The van der Waals surface area contributed by atoms with Crippen LogP contribution in [0.5, 0.6) is 0 Å². The fourth-order valence-electron chi connectivity index (χ4n) is 2.03. The summed E-state index contributed by atoms with van der Waals surface area (Å²) in [5, 5.41) is 2.91. The lowest BCUT2D eigenvalue weighted by Crippen LogP contribution is -2.47. The van der Waals surface area contributed by atoms with E-state index in [1.165, 1.54) is 6.42 Å². The van der Waals surface area contributed by atoms with Crippen molar-refractivity contribution in [3.05, 3.63) is 0 Å². The zero-order chi connectivity index (χ0) is 11.1. The molecular weight excluding hydrogens is 192 g/mol. The molecule has 1 atom stereocenters. The first-order chi connectivity index (χ1) is 7.26. The van der Waals surface area contributed by atoms with Gasteiger partial charge in [-0.15, -0.1) is 0 Å². The van der Waals surface area contributed by atoms with Crippen molar-refractivity contribution in [3.8, 4) is 0 Å². The Morgan fingerprint density at radius 3 is 3.00 bits per heavy atom. The molecule has 0 aromatic carbocycles. The molecule has 88 valence electrons. The minimum absolute atomic E-state index is 0.268. The molecule has 0 radical (unpaired) electrons. The molecule has 4 heteroatoms. The molecule has 1 unspecified atom stereocenters. The molecule has 1 aliphatic rings. The molecular formula is C11H22N2O2. The van der Waals surface area contributed by atoms with Gasteiger partial charge in [0, 0.05) is 12.6 Å². The highest BCUT2D eigenvalue weighted by molar-refractivity contribution is 5.67. The van der Waals surface area contributed by atoms with Crippen molar-refractivity contribution in [2.45, 2.75) is 39.2 Å². The van der Waals surface area contributed by atoms with Crippen LogP contribution >= 0.6 is 0 Å². The maximum atomic E-state index is 11.2. The minimum Gasteiger partial charge on any atom is -0.450 e. The summed E-state index contributed by atoms with van der Waals surface area (Å²) in [5.74, 6) is 0. The smallest absolute Gasteiger partial charge is 0.407 e. The van der Waals surface area contributed by atoms with E-state index in [0.717, 1.165) is 32.5 Å². The molecule has 1 amide bonds. The Labute approximate surface area is 92.0 Å². The van der Waals surface area contributed by atoms with Crippen molar-refractivity contribution in [2.24, 2.45) is 0 Å². The highest BCUT2D eigenvalue weighted by Gasteiger charge is 2.20. The fraction of sp³-hybridized carbons (Fsp3) is 0.909. The summed E-state index contributed by atoms with van der Waals surface area (Å²) >= 11 is 0. The van der Waals surface area contributed by atoms with E-state index in [9.17, 15) is 4.79 Å². The van der Waals surface area contributed by atoms with Crippen LogP contribution in [0.25, 0.3) is 0 Å². The maximum absolute atomic E-state index is 11.2. The van der Waals surface area contributed by atoms with Gasteiger partial charge in [-0.1, -0.05) is 6.92 Å². The Morgan fingerprint density at radius 2 is 2.33 bits per heavy atom. The van der Waals surface area contributed by atoms with Gasteiger partial charge >= 0.3 is 6.09 Å². The van der Waals surface area contributed by atoms with Gasteiger partial charge in [-0.25, -0.2) is 4.79 Å². The van der Waals surface area contributed by atoms with E-state index in [1.807, 2.05) is 6.92 Å². The normalized spacial score (nSPS) is 22.4. The zero-order valence-electron chi connectivity index (χ0n) is 9.79. The van der Waals surface area contributed by atoms with Gasteiger partial charge in [-0.2, -0.15) is 0 Å². The van der Waals surface area contributed by atoms with E-state index in [-0.39, 0.29) is 12.1 Å². The van der Waals surface area contributed by atoms with Crippen LogP contribution in [0, 0.1) is 0 Å². The first kappa shape index (κ1) is 12.3. The van der Waals surface area contributed by atoms with Crippen LogP contribution in [-0.2, 0) is 4.74 Å². The van der Waals surface area contributed by atoms with Gasteiger partial charge in [0.1, 0.15) is 0 Å². The van der Waals surface area contributed by atoms with E-state index >= 15 is 0 Å². The van der Waals surface area contributed by atoms with Crippen LogP contribution in [0.3, 0.4) is 0 Å². The summed E-state index contributed by atoms with van der Waals surface area (Å²) in [4.78, 5) is 13.6. The molecule has 0 aromatic heterocycles. The second-order valence-electron chi connectivity index (χ2n) is 4.00. The maximum Gasteiger partial charge on any atom is 0.407 e. The molecule has 4 nitrogen and oxygen atoms in total. The zero-order valence-corrected chi connectivity index (χ0v) is 9.79. The first-order valence-electron chi connectivity index (χ1n) is 5.91. The molecule has 0 aliphatic carbocycles. The number of rotatable bonds is 4. The minimum atomic E-state index is -0.277. The lowest BCUT2D eigenvalue weighted by molar-refractivity contribution is 0.134. The number of hydrogen-bond donors (Lipinski definition) is 1. The van der Waals surface area contributed by atoms with Gasteiger partial charge in [-0.05, 0) is 39.3 Å². The Balaban J connectivity index is 2.26. The van der Waals surface area contributed by atoms with Gasteiger partial charge in [0.25, 0.3) is 0 Å². The van der Waals surface area contributed by atoms with E-state index in [2.05, 4.69) is 17.1 Å². The average molecular weight is 214 g/mol. The second-order valence-corrected chi connectivity index (χ2v) is 4.00. The van der Waals surface area contributed by atoms with Crippen molar-refractivity contribution in [1.29, 1.82) is 0 Å². The molecule has 0 bridgehead atoms. The third-order valence-corrected chi connectivity index (χ3v) is 2.64. The van der Waals surface area contributed by atoms with Crippen molar-refractivity contribution < 1.29 is 9.53 Å². The third kappa shape index (κ3) is 4.51. The van der Waals surface area contributed by atoms with Gasteiger partial charge in [0.15, 0.2) is 0 Å². The van der Waals surface area contributed by atoms with E-state index in [1.54, 1.807) is 0 Å². The number of nitrogens with zero attached hydrogens (tertiary/aromatic N) is 1. The summed E-state index contributed by atoms with van der Waals surface area (Å²) in [7, 11) is 0. The van der Waals surface area contributed by atoms with E-state index in [0.29, 0.717) is 6.61 Å². The number of alkyl carbamates (subject to hydrolysis) is 1. The Bertz CT molecular complexity index is 195. The van der Waals surface area contributed by atoms with Crippen molar-refractivity contribution in [2.75, 3.05) is 26.2 Å². The number of ether oxygens (including phenoxy) is 1. The summed E-state index contributed by atoms with van der Waals surface area (Å²) in [6, 6.07) is 0.268. The molecule has 0 spiro atoms. The summed E-state index contributed by atoms with van der Waals surface area (Å²) in [5.41, 5.74) is 0. The SMILES string of the molecule is CCCN1CCCC(NC(=O)OCC)C1. The third-order valence-electron chi connectivity index (χ3n) is 2.64. The van der Waals surface area contributed by atoms with Gasteiger partial charge in [0.05, 0.1) is 6.61 Å². The summed E-state index contributed by atoms with van der Waals surface area (Å²) < 4.78 is 4.87. The number of nitrogens with one attached hydrogen (secondary N) is 1. The van der Waals surface area contributed by atoms with Gasteiger partial charge < -0.3 is 15.0 Å². The highest BCUT2D eigenvalue weighted by atomic mass is 16.5.